The minimum absolute atomic E-state index is 0.140. The molecule has 0 spiro atoms. The lowest BCUT2D eigenvalue weighted by molar-refractivity contribution is -0.113. The SMILES string of the molecule is CCOc1ccc(NC(=O)CSc2nnc(CNC(=O)c3ccccc3C)n2CC)cc1. The number of nitrogens with zero attached hydrogens (tertiary/aromatic N) is 3. The summed E-state index contributed by atoms with van der Waals surface area (Å²) in [6.07, 6.45) is 0. The highest BCUT2D eigenvalue weighted by molar-refractivity contribution is 7.99. The second-order valence-corrected chi connectivity index (χ2v) is 7.88. The van der Waals surface area contributed by atoms with Crippen LogP contribution >= 0.6 is 11.8 Å². The molecule has 0 atom stereocenters. The lowest BCUT2D eigenvalue weighted by Gasteiger charge is -2.10. The Morgan fingerprint density at radius 2 is 1.81 bits per heavy atom. The minimum Gasteiger partial charge on any atom is -0.494 e. The first kappa shape index (κ1) is 23.3. The third kappa shape index (κ3) is 6.10. The number of rotatable bonds is 10. The molecule has 0 unspecified atom stereocenters. The summed E-state index contributed by atoms with van der Waals surface area (Å²) in [6, 6.07) is 14.7. The fraction of sp³-hybridized carbons (Fsp3) is 0.304. The third-order valence-electron chi connectivity index (χ3n) is 4.69. The first-order valence-corrected chi connectivity index (χ1v) is 11.4. The van der Waals surface area contributed by atoms with E-state index in [4.69, 9.17) is 4.74 Å². The van der Waals surface area contributed by atoms with Gasteiger partial charge in [-0.3, -0.25) is 9.59 Å². The molecule has 0 fully saturated rings. The Morgan fingerprint density at radius 1 is 1.06 bits per heavy atom. The molecule has 2 N–H and O–H groups in total. The van der Waals surface area contributed by atoms with E-state index in [0.717, 1.165) is 11.3 Å². The number of thioether (sulfide) groups is 1. The monoisotopic (exact) mass is 453 g/mol. The van der Waals surface area contributed by atoms with E-state index in [1.54, 1.807) is 18.2 Å². The summed E-state index contributed by atoms with van der Waals surface area (Å²) in [7, 11) is 0. The standard InChI is InChI=1S/C23H27N5O3S/c1-4-28-20(14-24-22(30)19-9-7-6-8-16(19)3)26-27-23(28)32-15-21(29)25-17-10-12-18(13-11-17)31-5-2/h6-13H,4-5,14-15H2,1-3H3,(H,24,30)(H,25,29). The molecule has 0 aliphatic carbocycles. The summed E-state index contributed by atoms with van der Waals surface area (Å²) in [4.78, 5) is 24.8. The zero-order valence-corrected chi connectivity index (χ0v) is 19.2. The number of nitrogens with one attached hydrogen (secondary N) is 2. The lowest BCUT2D eigenvalue weighted by atomic mass is 10.1. The van der Waals surface area contributed by atoms with Crippen LogP contribution in [0.15, 0.2) is 53.7 Å². The first-order valence-electron chi connectivity index (χ1n) is 10.4. The molecule has 168 valence electrons. The van der Waals surface area contributed by atoms with Gasteiger partial charge in [-0.25, -0.2) is 0 Å². The average molecular weight is 454 g/mol. The fourth-order valence-corrected chi connectivity index (χ4v) is 3.91. The molecule has 3 aromatic rings. The van der Waals surface area contributed by atoms with Gasteiger partial charge >= 0.3 is 0 Å². The summed E-state index contributed by atoms with van der Waals surface area (Å²) < 4.78 is 7.30. The normalized spacial score (nSPS) is 10.6. The van der Waals surface area contributed by atoms with Crippen molar-refractivity contribution >= 4 is 29.3 Å². The van der Waals surface area contributed by atoms with Gasteiger partial charge in [-0.15, -0.1) is 10.2 Å². The van der Waals surface area contributed by atoms with Crippen LogP contribution in [0.2, 0.25) is 0 Å². The van der Waals surface area contributed by atoms with Gasteiger partial charge in [0.1, 0.15) is 5.75 Å². The predicted molar refractivity (Wildman–Crippen MR) is 125 cm³/mol. The number of amides is 2. The quantitative estimate of drug-likeness (QED) is 0.455. The Bertz CT molecular complexity index is 1070. The zero-order chi connectivity index (χ0) is 22.9. The van der Waals surface area contributed by atoms with Crippen molar-refractivity contribution < 1.29 is 14.3 Å². The highest BCUT2D eigenvalue weighted by atomic mass is 32.2. The predicted octanol–water partition coefficient (Wildman–Crippen LogP) is 3.67. The van der Waals surface area contributed by atoms with Crippen molar-refractivity contribution in [2.75, 3.05) is 17.7 Å². The van der Waals surface area contributed by atoms with Gasteiger partial charge in [0.2, 0.25) is 5.91 Å². The van der Waals surface area contributed by atoms with Crippen molar-refractivity contribution in [2.24, 2.45) is 0 Å². The van der Waals surface area contributed by atoms with E-state index in [1.165, 1.54) is 11.8 Å². The third-order valence-corrected chi connectivity index (χ3v) is 5.65. The maximum atomic E-state index is 12.5. The van der Waals surface area contributed by atoms with Gasteiger partial charge in [-0.05, 0) is 56.7 Å². The number of ether oxygens (including phenoxy) is 1. The number of aryl methyl sites for hydroxylation is 1. The Labute approximate surface area is 191 Å². The maximum absolute atomic E-state index is 12.5. The van der Waals surface area contributed by atoms with Crippen molar-refractivity contribution in [1.29, 1.82) is 0 Å². The maximum Gasteiger partial charge on any atom is 0.251 e. The summed E-state index contributed by atoms with van der Waals surface area (Å²) in [5, 5.41) is 14.8. The van der Waals surface area contributed by atoms with Crippen LogP contribution in [-0.4, -0.2) is 38.9 Å². The van der Waals surface area contributed by atoms with Gasteiger partial charge in [0.15, 0.2) is 11.0 Å². The Hall–Kier alpha value is -3.33. The number of anilines is 1. The molecule has 2 amide bonds. The van der Waals surface area contributed by atoms with E-state index in [9.17, 15) is 9.59 Å². The van der Waals surface area contributed by atoms with Crippen LogP contribution in [0.25, 0.3) is 0 Å². The van der Waals surface area contributed by atoms with Gasteiger partial charge < -0.3 is 19.9 Å². The molecule has 0 saturated heterocycles. The summed E-state index contributed by atoms with van der Waals surface area (Å²) >= 11 is 1.30. The molecule has 1 aromatic heterocycles. The van der Waals surface area contributed by atoms with Crippen LogP contribution in [0, 0.1) is 6.92 Å². The van der Waals surface area contributed by atoms with Crippen molar-refractivity contribution in [3.05, 3.63) is 65.5 Å². The van der Waals surface area contributed by atoms with Gasteiger partial charge in [-0.1, -0.05) is 30.0 Å². The molecular weight excluding hydrogens is 426 g/mol. The number of aromatic nitrogens is 3. The Morgan fingerprint density at radius 3 is 2.50 bits per heavy atom. The first-order chi connectivity index (χ1) is 15.5. The lowest BCUT2D eigenvalue weighted by Crippen LogP contribution is -2.25. The van der Waals surface area contributed by atoms with Crippen molar-refractivity contribution in [1.82, 2.24) is 20.1 Å². The van der Waals surface area contributed by atoms with Gasteiger partial charge in [0.25, 0.3) is 5.91 Å². The van der Waals surface area contributed by atoms with Gasteiger partial charge in [-0.2, -0.15) is 0 Å². The van der Waals surface area contributed by atoms with Crippen molar-refractivity contribution in [2.45, 2.75) is 39.0 Å². The highest BCUT2D eigenvalue weighted by Gasteiger charge is 2.15. The number of hydrogen-bond acceptors (Lipinski definition) is 6. The molecule has 2 aromatic carbocycles. The molecule has 8 nitrogen and oxygen atoms in total. The molecule has 0 aliphatic heterocycles. The van der Waals surface area contributed by atoms with E-state index in [0.29, 0.717) is 35.4 Å². The van der Waals surface area contributed by atoms with E-state index in [1.807, 2.05) is 55.7 Å². The number of benzene rings is 2. The van der Waals surface area contributed by atoms with Crippen LogP contribution in [-0.2, 0) is 17.9 Å². The number of hydrogen-bond donors (Lipinski definition) is 2. The largest absolute Gasteiger partial charge is 0.494 e. The summed E-state index contributed by atoms with van der Waals surface area (Å²) in [5.74, 6) is 1.31. The molecule has 0 aliphatic rings. The van der Waals surface area contributed by atoms with Gasteiger partial charge in [0, 0.05) is 17.8 Å². The van der Waals surface area contributed by atoms with Crippen LogP contribution in [0.3, 0.4) is 0 Å². The number of carbonyl (C=O) groups excluding carboxylic acids is 2. The highest BCUT2D eigenvalue weighted by Crippen LogP contribution is 2.19. The second-order valence-electron chi connectivity index (χ2n) is 6.93. The summed E-state index contributed by atoms with van der Waals surface area (Å²) in [5.41, 5.74) is 2.25. The van der Waals surface area contributed by atoms with E-state index in [-0.39, 0.29) is 24.1 Å². The second kappa shape index (κ2) is 11.3. The van der Waals surface area contributed by atoms with E-state index < -0.39 is 0 Å². The molecule has 0 bridgehead atoms. The molecule has 32 heavy (non-hydrogen) atoms. The smallest absolute Gasteiger partial charge is 0.251 e. The van der Waals surface area contributed by atoms with Crippen LogP contribution in [0.4, 0.5) is 5.69 Å². The minimum atomic E-state index is -0.155. The molecule has 9 heteroatoms. The summed E-state index contributed by atoms with van der Waals surface area (Å²) in [6.45, 7) is 7.28. The van der Waals surface area contributed by atoms with E-state index in [2.05, 4.69) is 20.8 Å². The topological polar surface area (TPSA) is 98.1 Å². The number of carbonyl (C=O) groups is 2. The fourth-order valence-electron chi connectivity index (χ4n) is 3.08. The van der Waals surface area contributed by atoms with Crippen molar-refractivity contribution in [3.8, 4) is 5.75 Å². The Balaban J connectivity index is 1.54. The molecule has 3 rings (SSSR count). The van der Waals surface area contributed by atoms with Crippen LogP contribution < -0.4 is 15.4 Å². The average Bonchev–Trinajstić information content (AvgIpc) is 3.19. The van der Waals surface area contributed by atoms with Crippen molar-refractivity contribution in [3.63, 3.8) is 0 Å². The Kier molecular flexibility index (Phi) is 8.27. The van der Waals surface area contributed by atoms with Crippen LogP contribution in [0.5, 0.6) is 5.75 Å². The molecular formula is C23H27N5O3S. The molecule has 1 heterocycles. The zero-order valence-electron chi connectivity index (χ0n) is 18.4. The van der Waals surface area contributed by atoms with E-state index >= 15 is 0 Å². The van der Waals surface area contributed by atoms with Crippen LogP contribution in [0.1, 0.15) is 35.6 Å². The van der Waals surface area contributed by atoms with Gasteiger partial charge in [0.05, 0.1) is 18.9 Å². The molecule has 0 radical (unpaired) electrons. The molecule has 0 saturated carbocycles.